The minimum absolute atomic E-state index is 0.0628. The maximum absolute atomic E-state index is 14.0. The average Bonchev–Trinajstić information content (AvgIpc) is 2.43. The second-order valence-corrected chi connectivity index (χ2v) is 5.40. The molecule has 1 nitrogen and oxygen atoms in total. The molecule has 0 fully saturated rings. The Morgan fingerprint density at radius 1 is 1.05 bits per heavy atom. The molecular weight excluding hydrogens is 324 g/mol. The number of nitrogens with one attached hydrogen (secondary N) is 1. The highest BCUT2D eigenvalue weighted by molar-refractivity contribution is 9.10. The molecule has 1 N–H and O–H groups in total. The lowest BCUT2D eigenvalue weighted by Gasteiger charge is -2.21. The van der Waals surface area contributed by atoms with E-state index in [9.17, 15) is 8.78 Å². The van der Waals surface area contributed by atoms with Gasteiger partial charge >= 0.3 is 0 Å². The first-order valence-corrected chi connectivity index (χ1v) is 7.36. The second-order valence-electron chi connectivity index (χ2n) is 4.54. The first kappa shape index (κ1) is 15.1. The van der Waals surface area contributed by atoms with Gasteiger partial charge < -0.3 is 5.32 Å². The fourth-order valence-electron chi connectivity index (χ4n) is 2.15. The van der Waals surface area contributed by atoms with E-state index in [2.05, 4.69) is 21.2 Å². The lowest BCUT2D eigenvalue weighted by molar-refractivity contribution is 0.502. The summed E-state index contributed by atoms with van der Waals surface area (Å²) in [6.45, 7) is 2.70. The molecule has 2 aromatic carbocycles. The van der Waals surface area contributed by atoms with E-state index < -0.39 is 17.7 Å². The Morgan fingerprint density at radius 3 is 2.30 bits per heavy atom. The van der Waals surface area contributed by atoms with Gasteiger partial charge in [0.1, 0.15) is 11.6 Å². The van der Waals surface area contributed by atoms with Crippen LogP contribution in [0.2, 0.25) is 0 Å². The first-order chi connectivity index (χ1) is 9.65. The second kappa shape index (κ2) is 6.95. The van der Waals surface area contributed by atoms with Crippen molar-refractivity contribution in [1.82, 2.24) is 5.32 Å². The van der Waals surface area contributed by atoms with Gasteiger partial charge in [-0.25, -0.2) is 8.78 Å². The van der Waals surface area contributed by atoms with Crippen molar-refractivity contribution in [2.24, 2.45) is 0 Å². The molecule has 0 aromatic heterocycles. The van der Waals surface area contributed by atoms with Gasteiger partial charge in [-0.2, -0.15) is 0 Å². The average molecular weight is 340 g/mol. The maximum atomic E-state index is 14.0. The fraction of sp³-hybridized carbons (Fsp3) is 0.250. The molecule has 0 saturated carbocycles. The summed E-state index contributed by atoms with van der Waals surface area (Å²) in [6, 6.07) is 10.9. The molecule has 4 heteroatoms. The topological polar surface area (TPSA) is 12.0 Å². The van der Waals surface area contributed by atoms with Crippen molar-refractivity contribution < 1.29 is 8.78 Å². The largest absolute Gasteiger partial charge is 0.306 e. The molecule has 0 aliphatic heterocycles. The third kappa shape index (κ3) is 3.25. The molecule has 2 aromatic rings. The molecule has 2 rings (SSSR count). The molecule has 1 unspecified atom stereocenters. The summed E-state index contributed by atoms with van der Waals surface area (Å²) < 4.78 is 28.9. The summed E-state index contributed by atoms with van der Waals surface area (Å²) >= 11 is 3.45. The molecule has 0 radical (unpaired) electrons. The van der Waals surface area contributed by atoms with Crippen LogP contribution in [0.1, 0.15) is 30.5 Å². The quantitative estimate of drug-likeness (QED) is 0.823. The Balaban J connectivity index is 2.50. The number of hydrogen-bond acceptors (Lipinski definition) is 1. The highest BCUT2D eigenvalue weighted by Crippen LogP contribution is 2.31. The predicted octanol–water partition coefficient (Wildman–Crippen LogP) is 4.82. The van der Waals surface area contributed by atoms with E-state index in [1.165, 1.54) is 18.2 Å². The monoisotopic (exact) mass is 339 g/mol. The lowest BCUT2D eigenvalue weighted by Crippen LogP contribution is -2.25. The SMILES string of the molecule is CCCNC(c1ccccc1Br)c1c(F)cccc1F. The van der Waals surface area contributed by atoms with Crippen molar-refractivity contribution >= 4 is 15.9 Å². The number of halogens is 3. The van der Waals surface area contributed by atoms with Gasteiger partial charge in [0, 0.05) is 10.0 Å². The fourth-order valence-corrected chi connectivity index (χ4v) is 2.67. The van der Waals surface area contributed by atoms with Crippen LogP contribution in [0, 0.1) is 11.6 Å². The van der Waals surface area contributed by atoms with Gasteiger partial charge in [-0.15, -0.1) is 0 Å². The number of benzene rings is 2. The van der Waals surface area contributed by atoms with Crippen molar-refractivity contribution in [1.29, 1.82) is 0 Å². The Morgan fingerprint density at radius 2 is 1.70 bits per heavy atom. The molecule has 0 aliphatic rings. The van der Waals surface area contributed by atoms with Crippen molar-refractivity contribution in [3.63, 3.8) is 0 Å². The molecule has 1 atom stereocenters. The maximum Gasteiger partial charge on any atom is 0.131 e. The van der Waals surface area contributed by atoms with E-state index in [-0.39, 0.29) is 5.56 Å². The van der Waals surface area contributed by atoms with Crippen molar-refractivity contribution in [2.75, 3.05) is 6.54 Å². The van der Waals surface area contributed by atoms with E-state index in [1.807, 2.05) is 31.2 Å². The minimum Gasteiger partial charge on any atom is -0.306 e. The van der Waals surface area contributed by atoms with Crippen LogP contribution in [0.5, 0.6) is 0 Å². The third-order valence-electron chi connectivity index (χ3n) is 3.10. The number of rotatable bonds is 5. The zero-order valence-electron chi connectivity index (χ0n) is 11.2. The summed E-state index contributed by atoms with van der Waals surface area (Å²) in [5.74, 6) is -1.07. The van der Waals surface area contributed by atoms with Crippen LogP contribution in [-0.2, 0) is 0 Å². The van der Waals surface area contributed by atoms with Gasteiger partial charge in [0.2, 0.25) is 0 Å². The molecule has 0 saturated heterocycles. The smallest absolute Gasteiger partial charge is 0.131 e. The standard InChI is InChI=1S/C16H16BrF2N/c1-2-10-20-16(11-6-3-4-7-12(11)17)15-13(18)8-5-9-14(15)19/h3-9,16,20H,2,10H2,1H3. The Bertz CT molecular complexity index is 566. The highest BCUT2D eigenvalue weighted by Gasteiger charge is 2.22. The zero-order chi connectivity index (χ0) is 14.5. The zero-order valence-corrected chi connectivity index (χ0v) is 12.8. The van der Waals surface area contributed by atoms with Crippen LogP contribution in [0.4, 0.5) is 8.78 Å². The van der Waals surface area contributed by atoms with E-state index >= 15 is 0 Å². The van der Waals surface area contributed by atoms with Crippen LogP contribution in [0.3, 0.4) is 0 Å². The van der Waals surface area contributed by atoms with Gasteiger partial charge in [-0.1, -0.05) is 47.1 Å². The number of hydrogen-bond donors (Lipinski definition) is 1. The summed E-state index contributed by atoms with van der Waals surface area (Å²) in [5, 5.41) is 3.21. The molecule has 0 heterocycles. The molecule has 0 bridgehead atoms. The normalized spacial score (nSPS) is 12.4. The van der Waals surface area contributed by atoms with Gasteiger partial charge in [-0.3, -0.25) is 0 Å². The Labute approximate surface area is 126 Å². The van der Waals surface area contributed by atoms with Crippen molar-refractivity contribution in [3.05, 3.63) is 69.7 Å². The molecule has 0 aliphatic carbocycles. The Kier molecular flexibility index (Phi) is 5.26. The van der Waals surface area contributed by atoms with Crippen LogP contribution < -0.4 is 5.32 Å². The van der Waals surface area contributed by atoms with Gasteiger partial charge in [-0.05, 0) is 36.7 Å². The van der Waals surface area contributed by atoms with Gasteiger partial charge in [0.15, 0.2) is 0 Å². The molecule has 0 spiro atoms. The van der Waals surface area contributed by atoms with E-state index in [1.54, 1.807) is 0 Å². The molecular formula is C16H16BrF2N. The predicted molar refractivity (Wildman–Crippen MR) is 80.6 cm³/mol. The summed E-state index contributed by atoms with van der Waals surface area (Å²) in [5.41, 5.74) is 0.887. The highest BCUT2D eigenvalue weighted by atomic mass is 79.9. The van der Waals surface area contributed by atoms with Crippen molar-refractivity contribution in [3.8, 4) is 0 Å². The summed E-state index contributed by atoms with van der Waals surface area (Å²) in [6.07, 6.45) is 0.886. The minimum atomic E-state index is -0.533. The first-order valence-electron chi connectivity index (χ1n) is 6.56. The molecule has 20 heavy (non-hydrogen) atoms. The van der Waals surface area contributed by atoms with E-state index in [0.29, 0.717) is 6.54 Å². The van der Waals surface area contributed by atoms with Crippen molar-refractivity contribution in [2.45, 2.75) is 19.4 Å². The van der Waals surface area contributed by atoms with Crippen LogP contribution in [-0.4, -0.2) is 6.54 Å². The van der Waals surface area contributed by atoms with Gasteiger partial charge in [0.25, 0.3) is 0 Å². The van der Waals surface area contributed by atoms with Gasteiger partial charge in [0.05, 0.1) is 6.04 Å². The Hall–Kier alpha value is -1.26. The van der Waals surface area contributed by atoms with E-state index in [4.69, 9.17) is 0 Å². The van der Waals surface area contributed by atoms with Crippen LogP contribution >= 0.6 is 15.9 Å². The van der Waals surface area contributed by atoms with E-state index in [0.717, 1.165) is 16.5 Å². The molecule has 0 amide bonds. The third-order valence-corrected chi connectivity index (χ3v) is 3.83. The summed E-state index contributed by atoms with van der Waals surface area (Å²) in [4.78, 5) is 0. The lowest BCUT2D eigenvalue weighted by atomic mass is 9.97. The molecule has 106 valence electrons. The summed E-state index contributed by atoms with van der Waals surface area (Å²) in [7, 11) is 0. The van der Waals surface area contributed by atoms with Crippen LogP contribution in [0.25, 0.3) is 0 Å². The van der Waals surface area contributed by atoms with Crippen LogP contribution in [0.15, 0.2) is 46.9 Å².